The van der Waals surface area contributed by atoms with Crippen LogP contribution in [0, 0.1) is 0 Å². The molecule has 2 aliphatic heterocycles. The summed E-state index contributed by atoms with van der Waals surface area (Å²) in [4.78, 5) is 74.7. The number of rotatable bonds is 12. The van der Waals surface area contributed by atoms with Crippen LogP contribution < -0.4 is 15.0 Å². The lowest BCUT2D eigenvalue weighted by Crippen LogP contribution is -2.63. The molecule has 236 valence electrons. The number of nitrogens with one attached hydrogen (secondary N) is 1. The van der Waals surface area contributed by atoms with Crippen molar-refractivity contribution >= 4 is 35.3 Å². The molecule has 1 aromatic heterocycles. The Morgan fingerprint density at radius 3 is 2.27 bits per heavy atom. The quantitative estimate of drug-likeness (QED) is 0.311. The van der Waals surface area contributed by atoms with E-state index in [-0.39, 0.29) is 32.0 Å². The number of benzene rings is 1. The summed E-state index contributed by atoms with van der Waals surface area (Å²) in [6.07, 6.45) is 2.83. The Morgan fingerprint density at radius 2 is 1.66 bits per heavy atom. The molecule has 2 aliphatic rings. The molecule has 3 heterocycles. The van der Waals surface area contributed by atoms with E-state index in [1.165, 1.54) is 12.0 Å². The zero-order valence-corrected chi connectivity index (χ0v) is 24.9. The number of amides is 3. The average Bonchev–Trinajstić information content (AvgIpc) is 3.05. The minimum Gasteiger partial charge on any atom is -0.497 e. The molecule has 0 radical (unpaired) electrons. The minimum absolute atomic E-state index is 0.000965. The van der Waals surface area contributed by atoms with E-state index in [1.54, 1.807) is 36.5 Å². The molecule has 14 nitrogen and oxygen atoms in total. The fourth-order valence-electron chi connectivity index (χ4n) is 5.37. The zero-order chi connectivity index (χ0) is 31.6. The van der Waals surface area contributed by atoms with Crippen LogP contribution in [0.15, 0.2) is 48.8 Å². The lowest BCUT2D eigenvalue weighted by molar-refractivity contribution is -0.160. The van der Waals surface area contributed by atoms with Gasteiger partial charge in [0.25, 0.3) is 0 Å². The summed E-state index contributed by atoms with van der Waals surface area (Å²) in [7, 11) is 2.73. The summed E-state index contributed by atoms with van der Waals surface area (Å²) in [5.74, 6) is -2.66. The Kier molecular flexibility index (Phi) is 11.1. The summed E-state index contributed by atoms with van der Waals surface area (Å²) < 4.78 is 9.97. The first-order chi connectivity index (χ1) is 21.2. The Morgan fingerprint density at radius 1 is 0.977 bits per heavy atom. The monoisotopic (exact) mass is 610 g/mol. The van der Waals surface area contributed by atoms with Crippen molar-refractivity contribution in [1.82, 2.24) is 25.0 Å². The molecular formula is C30H38N6O8. The van der Waals surface area contributed by atoms with Crippen molar-refractivity contribution < 1.29 is 38.6 Å². The third-order valence-electron chi connectivity index (χ3n) is 7.83. The second-order valence-corrected chi connectivity index (χ2v) is 10.5. The second-order valence-electron chi connectivity index (χ2n) is 10.5. The molecule has 2 atom stereocenters. The van der Waals surface area contributed by atoms with Crippen LogP contribution in [0.4, 0.5) is 5.69 Å². The number of aliphatic carboxylic acids is 1. The number of hydrogen-bond acceptors (Lipinski definition) is 10. The molecular weight excluding hydrogens is 572 g/mol. The van der Waals surface area contributed by atoms with Crippen molar-refractivity contribution in [2.24, 2.45) is 0 Å². The molecule has 14 heteroatoms. The number of anilines is 1. The second kappa shape index (κ2) is 15.1. The van der Waals surface area contributed by atoms with Crippen molar-refractivity contribution in [1.29, 1.82) is 0 Å². The molecule has 2 aromatic rings. The van der Waals surface area contributed by atoms with Gasteiger partial charge in [-0.3, -0.25) is 29.0 Å². The van der Waals surface area contributed by atoms with Gasteiger partial charge in [-0.25, -0.2) is 0 Å². The van der Waals surface area contributed by atoms with Crippen molar-refractivity contribution in [3.05, 3.63) is 54.4 Å². The Labute approximate surface area is 255 Å². The minimum atomic E-state index is -1.26. The number of nitrogens with zero attached hydrogens (tertiary/aromatic N) is 5. The maximum atomic E-state index is 14.0. The highest BCUT2D eigenvalue weighted by molar-refractivity contribution is 5.96. The molecule has 0 aliphatic carbocycles. The molecule has 1 unspecified atom stereocenters. The van der Waals surface area contributed by atoms with Crippen LogP contribution in [0.5, 0.6) is 5.75 Å². The lowest BCUT2D eigenvalue weighted by Gasteiger charge is -2.41. The molecule has 1 aromatic carbocycles. The van der Waals surface area contributed by atoms with Gasteiger partial charge in [-0.1, -0.05) is 12.1 Å². The first-order valence-corrected chi connectivity index (χ1v) is 14.4. The van der Waals surface area contributed by atoms with E-state index >= 15 is 0 Å². The first-order valence-electron chi connectivity index (χ1n) is 14.4. The highest BCUT2D eigenvalue weighted by Gasteiger charge is 2.42. The zero-order valence-electron chi connectivity index (χ0n) is 24.9. The summed E-state index contributed by atoms with van der Waals surface area (Å²) in [6.45, 7) is 1.85. The van der Waals surface area contributed by atoms with Crippen LogP contribution >= 0.6 is 0 Å². The van der Waals surface area contributed by atoms with Gasteiger partial charge in [0.15, 0.2) is 0 Å². The predicted octanol–water partition coefficient (Wildman–Crippen LogP) is -0.0256. The maximum Gasteiger partial charge on any atom is 0.323 e. The number of methoxy groups -OCH3 is 2. The molecule has 4 rings (SSSR count). The van der Waals surface area contributed by atoms with E-state index < -0.39 is 48.8 Å². The molecule has 44 heavy (non-hydrogen) atoms. The first kappa shape index (κ1) is 32.2. The smallest absolute Gasteiger partial charge is 0.323 e. The number of hydrogen-bond donors (Lipinski definition) is 2. The molecule has 2 N–H and O–H groups in total. The number of aromatic nitrogens is 1. The van der Waals surface area contributed by atoms with Crippen LogP contribution in [0.25, 0.3) is 0 Å². The third-order valence-corrected chi connectivity index (χ3v) is 7.83. The predicted molar refractivity (Wildman–Crippen MR) is 158 cm³/mol. The van der Waals surface area contributed by atoms with E-state index in [4.69, 9.17) is 9.47 Å². The number of ether oxygens (including phenoxy) is 2. The summed E-state index contributed by atoms with van der Waals surface area (Å²) in [5.41, 5.74) is 1.86. The summed E-state index contributed by atoms with van der Waals surface area (Å²) >= 11 is 0. The normalized spacial score (nSPS) is 17.7. The van der Waals surface area contributed by atoms with Gasteiger partial charge >= 0.3 is 11.9 Å². The van der Waals surface area contributed by atoms with Crippen LogP contribution in [0.3, 0.4) is 0 Å². The number of carboxylic acid groups (broad SMARTS) is 1. The molecule has 2 fully saturated rings. The summed E-state index contributed by atoms with van der Waals surface area (Å²) in [5, 5.41) is 12.4. The van der Waals surface area contributed by atoms with Gasteiger partial charge in [0, 0.05) is 63.9 Å². The maximum absolute atomic E-state index is 14.0. The van der Waals surface area contributed by atoms with E-state index in [1.807, 2.05) is 24.3 Å². The van der Waals surface area contributed by atoms with Crippen LogP contribution in [-0.2, 0) is 35.3 Å². The number of carbonyl (C=O) groups excluding carboxylic acids is 4. The number of piperazine rings is 2. The van der Waals surface area contributed by atoms with E-state index in [0.29, 0.717) is 31.9 Å². The van der Waals surface area contributed by atoms with Crippen LogP contribution in [0.2, 0.25) is 0 Å². The standard InChI is InChI=1S/C30H38N6O8/c1-43-23-5-3-21(4-6-23)19-32-24(17-26(37)34-13-11-33(12-14-34)22-7-9-31-10-8-22)29(41)36-16-15-35(20-27(38)39)30(42)25(36)18-28(40)44-2/h3-10,24-25,32H,11-20H2,1-2H3,(H,38,39)/t24?,25-/m0/s1. The number of carboxylic acids is 1. The molecule has 3 amide bonds. The van der Waals surface area contributed by atoms with Gasteiger partial charge in [0.05, 0.1) is 33.1 Å². The summed E-state index contributed by atoms with van der Waals surface area (Å²) in [6, 6.07) is 8.80. The van der Waals surface area contributed by atoms with Gasteiger partial charge in [-0.2, -0.15) is 0 Å². The van der Waals surface area contributed by atoms with Gasteiger partial charge in [-0.05, 0) is 29.8 Å². The third kappa shape index (κ3) is 8.22. The van der Waals surface area contributed by atoms with Gasteiger partial charge in [0.1, 0.15) is 18.3 Å². The molecule has 0 spiro atoms. The Balaban J connectivity index is 1.50. The van der Waals surface area contributed by atoms with E-state index in [9.17, 15) is 29.1 Å². The number of carbonyl (C=O) groups is 5. The average molecular weight is 611 g/mol. The SMILES string of the molecule is COC(=O)C[C@H]1C(=O)N(CC(=O)O)CCN1C(=O)C(CC(=O)N1CCN(c2ccncc2)CC1)NCc1ccc(OC)cc1. The van der Waals surface area contributed by atoms with Gasteiger partial charge in [-0.15, -0.1) is 0 Å². The van der Waals surface area contributed by atoms with Crippen molar-refractivity contribution in [2.45, 2.75) is 31.5 Å². The van der Waals surface area contributed by atoms with Crippen LogP contribution in [-0.4, -0.2) is 127 Å². The Bertz CT molecular complexity index is 1320. The highest BCUT2D eigenvalue weighted by atomic mass is 16.5. The highest BCUT2D eigenvalue weighted by Crippen LogP contribution is 2.20. The topological polar surface area (TPSA) is 162 Å². The van der Waals surface area contributed by atoms with Gasteiger partial charge < -0.3 is 39.5 Å². The fraction of sp³-hybridized carbons (Fsp3) is 0.467. The van der Waals surface area contributed by atoms with Gasteiger partial charge in [0.2, 0.25) is 17.7 Å². The fourth-order valence-corrected chi connectivity index (χ4v) is 5.37. The van der Waals surface area contributed by atoms with Crippen molar-refractivity contribution in [2.75, 3.05) is 64.9 Å². The van der Waals surface area contributed by atoms with Crippen molar-refractivity contribution in [3.8, 4) is 5.75 Å². The van der Waals surface area contributed by atoms with E-state index in [2.05, 4.69) is 15.2 Å². The molecule has 0 saturated carbocycles. The van der Waals surface area contributed by atoms with E-state index in [0.717, 1.165) is 16.2 Å². The largest absolute Gasteiger partial charge is 0.497 e. The van der Waals surface area contributed by atoms with Crippen LogP contribution in [0.1, 0.15) is 18.4 Å². The lowest BCUT2D eigenvalue weighted by atomic mass is 10.0. The number of pyridine rings is 1. The molecule has 0 bridgehead atoms. The number of esters is 1. The van der Waals surface area contributed by atoms with Crippen molar-refractivity contribution in [3.63, 3.8) is 0 Å². The molecule has 2 saturated heterocycles. The Hall–Kier alpha value is -4.72.